The molecule has 0 spiro atoms. The maximum absolute atomic E-state index is 12.6. The second-order valence-corrected chi connectivity index (χ2v) is 6.82. The van der Waals surface area contributed by atoms with Crippen LogP contribution in [0.2, 0.25) is 5.15 Å². The van der Waals surface area contributed by atoms with Crippen molar-refractivity contribution in [2.45, 2.75) is 19.5 Å². The Balaban J connectivity index is 1.45. The number of halogens is 1. The van der Waals surface area contributed by atoms with Crippen LogP contribution in [-0.4, -0.2) is 25.7 Å². The average molecular weight is 380 g/mol. The van der Waals surface area contributed by atoms with Gasteiger partial charge in [0.15, 0.2) is 0 Å². The minimum atomic E-state index is -0.189. The van der Waals surface area contributed by atoms with Crippen LogP contribution in [-0.2, 0) is 6.54 Å². The number of fused-ring (bicyclic) bond motifs is 1. The van der Waals surface area contributed by atoms with Gasteiger partial charge >= 0.3 is 0 Å². The van der Waals surface area contributed by atoms with Crippen LogP contribution >= 0.6 is 11.6 Å². The van der Waals surface area contributed by atoms with E-state index >= 15 is 0 Å². The fraction of sp³-hybridized carbons (Fsp3) is 0.150. The zero-order valence-electron chi connectivity index (χ0n) is 14.7. The van der Waals surface area contributed by atoms with Crippen LogP contribution in [0.15, 0.2) is 61.1 Å². The van der Waals surface area contributed by atoms with Gasteiger partial charge in [-0.2, -0.15) is 5.10 Å². The number of benzene rings is 1. The second-order valence-electron chi connectivity index (χ2n) is 6.43. The molecule has 0 aliphatic heterocycles. The fourth-order valence-corrected chi connectivity index (χ4v) is 3.11. The van der Waals surface area contributed by atoms with Gasteiger partial charge in [0.2, 0.25) is 0 Å². The number of nitrogens with one attached hydrogen (secondary N) is 2. The van der Waals surface area contributed by atoms with Gasteiger partial charge in [0.05, 0.1) is 30.5 Å². The number of carbonyl (C=O) groups is 1. The van der Waals surface area contributed by atoms with E-state index in [4.69, 9.17) is 11.6 Å². The number of nitrogens with zero attached hydrogens (tertiary/aromatic N) is 3. The number of pyridine rings is 1. The van der Waals surface area contributed by atoms with E-state index in [1.54, 1.807) is 24.5 Å². The summed E-state index contributed by atoms with van der Waals surface area (Å²) in [6.07, 6.45) is 5.35. The third kappa shape index (κ3) is 3.85. The number of aromatic nitrogens is 4. The molecule has 1 aromatic carbocycles. The first-order chi connectivity index (χ1) is 13.1. The van der Waals surface area contributed by atoms with E-state index < -0.39 is 0 Å². The smallest absolute Gasteiger partial charge is 0.268 e. The molecule has 1 unspecified atom stereocenters. The molecule has 7 heteroatoms. The van der Waals surface area contributed by atoms with Gasteiger partial charge in [0.1, 0.15) is 10.8 Å². The average Bonchev–Trinajstić information content (AvgIpc) is 3.29. The van der Waals surface area contributed by atoms with E-state index in [0.717, 1.165) is 16.5 Å². The lowest BCUT2D eigenvalue weighted by Crippen LogP contribution is -2.26. The molecule has 0 saturated carbocycles. The normalized spacial score (nSPS) is 12.2. The monoisotopic (exact) mass is 379 g/mol. The molecule has 4 rings (SSSR count). The molecule has 136 valence electrons. The molecule has 3 aromatic heterocycles. The highest BCUT2D eigenvalue weighted by atomic mass is 35.5. The Morgan fingerprint density at radius 2 is 2.07 bits per heavy atom. The maximum Gasteiger partial charge on any atom is 0.268 e. The van der Waals surface area contributed by atoms with Crippen molar-refractivity contribution in [1.82, 2.24) is 25.1 Å². The summed E-state index contributed by atoms with van der Waals surface area (Å²) < 4.78 is 1.87. The molecular formula is C20H18ClN5O. The third-order valence-electron chi connectivity index (χ3n) is 4.40. The van der Waals surface area contributed by atoms with Gasteiger partial charge in [-0.3, -0.25) is 9.48 Å². The first-order valence-electron chi connectivity index (χ1n) is 8.60. The van der Waals surface area contributed by atoms with E-state index in [1.165, 1.54) is 5.56 Å². The summed E-state index contributed by atoms with van der Waals surface area (Å²) in [5.41, 5.74) is 3.36. The quantitative estimate of drug-likeness (QED) is 0.515. The van der Waals surface area contributed by atoms with E-state index in [2.05, 4.69) is 32.5 Å². The van der Waals surface area contributed by atoms with Crippen molar-refractivity contribution in [2.24, 2.45) is 0 Å². The number of rotatable bonds is 5. The van der Waals surface area contributed by atoms with Gasteiger partial charge in [-0.1, -0.05) is 41.9 Å². The zero-order chi connectivity index (χ0) is 18.8. The van der Waals surface area contributed by atoms with Crippen molar-refractivity contribution >= 4 is 28.4 Å². The lowest BCUT2D eigenvalue weighted by Gasteiger charge is -2.11. The van der Waals surface area contributed by atoms with Crippen molar-refractivity contribution in [3.05, 3.63) is 83.0 Å². The summed E-state index contributed by atoms with van der Waals surface area (Å²) in [4.78, 5) is 19.6. The second kappa shape index (κ2) is 7.25. The van der Waals surface area contributed by atoms with Crippen molar-refractivity contribution in [3.8, 4) is 0 Å². The van der Waals surface area contributed by atoms with Gasteiger partial charge in [-0.15, -0.1) is 0 Å². The molecular weight excluding hydrogens is 362 g/mol. The topological polar surface area (TPSA) is 75.6 Å². The molecule has 3 heterocycles. The van der Waals surface area contributed by atoms with Crippen molar-refractivity contribution in [1.29, 1.82) is 0 Å². The van der Waals surface area contributed by atoms with Crippen LogP contribution in [0, 0.1) is 0 Å². The first-order valence-corrected chi connectivity index (χ1v) is 8.98. The largest absolute Gasteiger partial charge is 0.349 e. The van der Waals surface area contributed by atoms with Crippen LogP contribution in [0.3, 0.4) is 0 Å². The number of amides is 1. The molecule has 4 aromatic rings. The highest BCUT2D eigenvalue weighted by Gasteiger charge is 2.15. The van der Waals surface area contributed by atoms with Gasteiger partial charge in [0, 0.05) is 17.1 Å². The summed E-state index contributed by atoms with van der Waals surface area (Å²) in [6, 6.07) is 13.4. The van der Waals surface area contributed by atoms with Gasteiger partial charge in [0.25, 0.3) is 5.91 Å². The van der Waals surface area contributed by atoms with Gasteiger partial charge in [-0.25, -0.2) is 4.98 Å². The Hall–Kier alpha value is -3.12. The Morgan fingerprint density at radius 1 is 1.26 bits per heavy atom. The lowest BCUT2D eigenvalue weighted by molar-refractivity contribution is 0.0935. The summed E-state index contributed by atoms with van der Waals surface area (Å²) >= 11 is 5.90. The molecule has 27 heavy (non-hydrogen) atoms. The molecule has 0 fully saturated rings. The summed E-state index contributed by atoms with van der Waals surface area (Å²) in [5, 5.41) is 8.63. The summed E-state index contributed by atoms with van der Waals surface area (Å²) in [6.45, 7) is 2.63. The highest BCUT2D eigenvalue weighted by molar-refractivity contribution is 6.30. The Labute approximate surface area is 161 Å². The van der Waals surface area contributed by atoms with E-state index in [1.807, 2.05) is 36.0 Å². The maximum atomic E-state index is 12.6. The summed E-state index contributed by atoms with van der Waals surface area (Å²) in [5.74, 6) is -0.189. The molecule has 2 N–H and O–H groups in total. The predicted octanol–water partition coefficient (Wildman–Crippen LogP) is 3.95. The van der Waals surface area contributed by atoms with Crippen LogP contribution in [0.25, 0.3) is 10.9 Å². The molecule has 1 atom stereocenters. The number of H-pyrrole nitrogens is 1. The van der Waals surface area contributed by atoms with Crippen LogP contribution in [0.1, 0.15) is 34.6 Å². The van der Waals surface area contributed by atoms with Gasteiger partial charge < -0.3 is 10.3 Å². The Bertz CT molecular complexity index is 1090. The van der Waals surface area contributed by atoms with E-state index in [-0.39, 0.29) is 11.9 Å². The van der Waals surface area contributed by atoms with Crippen LogP contribution in [0.5, 0.6) is 0 Å². The molecule has 1 amide bonds. The van der Waals surface area contributed by atoms with Crippen molar-refractivity contribution < 1.29 is 4.79 Å². The molecule has 6 nitrogen and oxygen atoms in total. The molecule has 0 radical (unpaired) electrons. The van der Waals surface area contributed by atoms with Crippen LogP contribution < -0.4 is 5.32 Å². The fourth-order valence-electron chi connectivity index (χ4n) is 2.94. The standard InChI is InChI=1S/C20H18ClN5O/c1-13(16-9-23-26(12-16)11-14-5-3-2-4-6-14)24-20(27)17-7-15-8-19(21)22-10-18(15)25-17/h2-10,12-13,25H,11H2,1H3,(H,24,27). The highest BCUT2D eigenvalue weighted by Crippen LogP contribution is 2.19. The number of hydrogen-bond donors (Lipinski definition) is 2. The number of carbonyl (C=O) groups excluding carboxylic acids is 1. The minimum Gasteiger partial charge on any atom is -0.349 e. The number of aromatic amines is 1. The molecule has 0 aliphatic rings. The van der Waals surface area contributed by atoms with Crippen molar-refractivity contribution in [2.75, 3.05) is 0 Å². The summed E-state index contributed by atoms with van der Waals surface area (Å²) in [7, 11) is 0. The predicted molar refractivity (Wildman–Crippen MR) is 105 cm³/mol. The lowest BCUT2D eigenvalue weighted by atomic mass is 10.2. The minimum absolute atomic E-state index is 0.171. The van der Waals surface area contributed by atoms with Gasteiger partial charge in [-0.05, 0) is 24.6 Å². The molecule has 0 aliphatic carbocycles. The first kappa shape index (κ1) is 17.3. The Morgan fingerprint density at radius 3 is 2.89 bits per heavy atom. The molecule has 0 bridgehead atoms. The van der Waals surface area contributed by atoms with E-state index in [0.29, 0.717) is 17.4 Å². The van der Waals surface area contributed by atoms with E-state index in [9.17, 15) is 4.79 Å². The van der Waals surface area contributed by atoms with Crippen LogP contribution in [0.4, 0.5) is 0 Å². The number of hydrogen-bond acceptors (Lipinski definition) is 3. The zero-order valence-corrected chi connectivity index (χ0v) is 15.4. The SMILES string of the molecule is CC(NC(=O)c1cc2cc(Cl)ncc2[nH]1)c1cnn(Cc2ccccc2)c1. The van der Waals surface area contributed by atoms with Crippen molar-refractivity contribution in [3.63, 3.8) is 0 Å². The third-order valence-corrected chi connectivity index (χ3v) is 4.61. The molecule has 0 saturated heterocycles. The Kier molecular flexibility index (Phi) is 4.64.